The van der Waals surface area contributed by atoms with Crippen molar-refractivity contribution in [1.82, 2.24) is 10.3 Å². The average molecular weight is 294 g/mol. The van der Waals surface area contributed by atoms with Crippen LogP contribution in [0.5, 0.6) is 0 Å². The van der Waals surface area contributed by atoms with Crippen LogP contribution in [-0.2, 0) is 11.2 Å². The van der Waals surface area contributed by atoms with Gasteiger partial charge in [0, 0.05) is 13.0 Å². The largest absolute Gasteiger partial charge is 0.441 e. The minimum Gasteiger partial charge on any atom is -0.441 e. The van der Waals surface area contributed by atoms with Gasteiger partial charge in [-0.1, -0.05) is 12.1 Å². The van der Waals surface area contributed by atoms with Crippen LogP contribution in [0.4, 0.5) is 0 Å². The molecule has 20 heavy (non-hydrogen) atoms. The highest BCUT2D eigenvalue weighted by Crippen LogP contribution is 2.14. The second-order valence-electron chi connectivity index (χ2n) is 4.41. The normalized spacial score (nSPS) is 12.5. The molecule has 1 atom stereocenters. The van der Waals surface area contributed by atoms with Crippen molar-refractivity contribution < 1.29 is 14.3 Å². The first-order chi connectivity index (χ1) is 9.70. The second-order valence-corrected chi connectivity index (χ2v) is 5.40. The number of hydrogen-bond acceptors (Lipinski definition) is 5. The van der Waals surface area contributed by atoms with Crippen molar-refractivity contribution in [2.45, 2.75) is 18.9 Å². The summed E-state index contributed by atoms with van der Waals surface area (Å²) in [5, 5.41) is 12.3. The molecule has 1 aromatic carbocycles. The lowest BCUT2D eigenvalue weighted by Gasteiger charge is -2.09. The van der Waals surface area contributed by atoms with Crippen LogP contribution in [0, 0.1) is 0 Å². The van der Waals surface area contributed by atoms with E-state index in [-0.39, 0.29) is 5.91 Å². The highest BCUT2D eigenvalue weighted by atomic mass is 32.2. The molecule has 1 heterocycles. The Kier molecular flexibility index (Phi) is 5.43. The van der Waals surface area contributed by atoms with Gasteiger partial charge >= 0.3 is 0 Å². The van der Waals surface area contributed by atoms with Crippen molar-refractivity contribution in [1.29, 1.82) is 0 Å². The summed E-state index contributed by atoms with van der Waals surface area (Å²) in [4.78, 5) is 15.9. The molecule has 5 nitrogen and oxygen atoms in total. The number of para-hydroxylation sites is 2. The summed E-state index contributed by atoms with van der Waals surface area (Å²) in [6.45, 7) is 0.405. The van der Waals surface area contributed by atoms with Gasteiger partial charge < -0.3 is 14.8 Å². The maximum absolute atomic E-state index is 11.6. The number of aliphatic hydroxyl groups is 1. The Morgan fingerprint density at radius 3 is 3.05 bits per heavy atom. The van der Waals surface area contributed by atoms with Crippen LogP contribution < -0.4 is 5.32 Å². The molecule has 0 aliphatic rings. The predicted octanol–water partition coefficient (Wildman–Crippen LogP) is 1.60. The number of fused-ring (bicyclic) bond motifs is 1. The lowest BCUT2D eigenvalue weighted by Crippen LogP contribution is -2.36. The molecule has 0 saturated carbocycles. The molecule has 0 radical (unpaired) electrons. The minimum atomic E-state index is -0.939. The van der Waals surface area contributed by atoms with Gasteiger partial charge in [-0.2, -0.15) is 11.8 Å². The first kappa shape index (κ1) is 14.9. The summed E-state index contributed by atoms with van der Waals surface area (Å²) >= 11 is 1.61. The highest BCUT2D eigenvalue weighted by Gasteiger charge is 2.14. The van der Waals surface area contributed by atoms with E-state index in [1.165, 1.54) is 0 Å². The fourth-order valence-corrected chi connectivity index (χ4v) is 2.26. The van der Waals surface area contributed by atoms with E-state index in [0.717, 1.165) is 16.9 Å². The van der Waals surface area contributed by atoms with Gasteiger partial charge in [-0.15, -0.1) is 0 Å². The van der Waals surface area contributed by atoms with Crippen molar-refractivity contribution >= 4 is 28.8 Å². The van der Waals surface area contributed by atoms with Crippen molar-refractivity contribution in [2.24, 2.45) is 0 Å². The second kappa shape index (κ2) is 7.31. The molecule has 2 rings (SSSR count). The zero-order chi connectivity index (χ0) is 14.4. The number of carbonyl (C=O) groups is 1. The molecule has 2 N–H and O–H groups in total. The topological polar surface area (TPSA) is 75.4 Å². The van der Waals surface area contributed by atoms with Crippen molar-refractivity contribution in [3.63, 3.8) is 0 Å². The number of oxazole rings is 1. The number of carbonyl (C=O) groups excluding carboxylic acids is 1. The van der Waals surface area contributed by atoms with Crippen LogP contribution in [-0.4, -0.2) is 40.7 Å². The summed E-state index contributed by atoms with van der Waals surface area (Å²) in [5.41, 5.74) is 1.56. The number of nitrogens with zero attached hydrogens (tertiary/aromatic N) is 1. The third-order valence-corrected chi connectivity index (χ3v) is 3.52. The molecule has 1 unspecified atom stereocenters. The smallest absolute Gasteiger partial charge is 0.248 e. The minimum absolute atomic E-state index is 0.338. The standard InChI is InChI=1S/C14H18N2O3S/c1-20-9-7-11(17)14(18)15-8-6-13-16-10-4-2-3-5-12(10)19-13/h2-5,11,17H,6-9H2,1H3,(H,15,18). The van der Waals surface area contributed by atoms with Gasteiger partial charge in [0.2, 0.25) is 5.91 Å². The SMILES string of the molecule is CSCCC(O)C(=O)NCCc1nc2ccccc2o1. The van der Waals surface area contributed by atoms with Gasteiger partial charge in [0.05, 0.1) is 0 Å². The van der Waals surface area contributed by atoms with Gasteiger partial charge in [0.25, 0.3) is 0 Å². The maximum Gasteiger partial charge on any atom is 0.248 e. The molecular weight excluding hydrogens is 276 g/mol. The Labute approximate surface area is 121 Å². The third kappa shape index (κ3) is 3.98. The first-order valence-corrected chi connectivity index (χ1v) is 7.89. The number of nitrogens with one attached hydrogen (secondary N) is 1. The number of hydrogen-bond donors (Lipinski definition) is 2. The van der Waals surface area contributed by atoms with Crippen molar-refractivity contribution in [2.75, 3.05) is 18.6 Å². The van der Waals surface area contributed by atoms with E-state index in [0.29, 0.717) is 25.3 Å². The van der Waals surface area contributed by atoms with Gasteiger partial charge in [0.1, 0.15) is 11.6 Å². The molecule has 6 heteroatoms. The van der Waals surface area contributed by atoms with E-state index >= 15 is 0 Å². The van der Waals surface area contributed by atoms with Gasteiger partial charge in [-0.05, 0) is 30.6 Å². The summed E-state index contributed by atoms with van der Waals surface area (Å²) < 4.78 is 5.55. The van der Waals surface area contributed by atoms with Crippen LogP contribution in [0.15, 0.2) is 28.7 Å². The number of aromatic nitrogens is 1. The molecule has 0 spiro atoms. The zero-order valence-electron chi connectivity index (χ0n) is 11.3. The molecular formula is C14H18N2O3S. The Morgan fingerprint density at radius 1 is 1.50 bits per heavy atom. The number of benzene rings is 1. The van der Waals surface area contributed by atoms with Crippen LogP contribution >= 0.6 is 11.8 Å². The predicted molar refractivity (Wildman–Crippen MR) is 79.7 cm³/mol. The lowest BCUT2D eigenvalue weighted by atomic mass is 10.2. The number of rotatable bonds is 7. The van der Waals surface area contributed by atoms with Gasteiger partial charge in [0.15, 0.2) is 11.5 Å². The molecule has 0 saturated heterocycles. The quantitative estimate of drug-likeness (QED) is 0.811. The summed E-state index contributed by atoms with van der Waals surface area (Å²) in [5.74, 6) is 1.01. The summed E-state index contributed by atoms with van der Waals surface area (Å²) in [6.07, 6.45) is 1.98. The molecule has 2 aromatic rings. The monoisotopic (exact) mass is 294 g/mol. The Balaban J connectivity index is 1.79. The Bertz CT molecular complexity index is 537. The van der Waals surface area contributed by atoms with Crippen LogP contribution in [0.3, 0.4) is 0 Å². The first-order valence-electron chi connectivity index (χ1n) is 6.50. The maximum atomic E-state index is 11.6. The fraction of sp³-hybridized carbons (Fsp3) is 0.429. The van der Waals surface area contributed by atoms with E-state index in [4.69, 9.17) is 4.42 Å². The van der Waals surface area contributed by atoms with Crippen LogP contribution in [0.1, 0.15) is 12.3 Å². The van der Waals surface area contributed by atoms with E-state index < -0.39 is 6.10 Å². The van der Waals surface area contributed by atoms with Crippen LogP contribution in [0.25, 0.3) is 11.1 Å². The van der Waals surface area contributed by atoms with Gasteiger partial charge in [-0.25, -0.2) is 4.98 Å². The van der Waals surface area contributed by atoms with E-state index in [1.807, 2.05) is 30.5 Å². The molecule has 0 aliphatic carbocycles. The summed E-state index contributed by atoms with van der Waals surface area (Å²) in [7, 11) is 0. The van der Waals surface area contributed by atoms with E-state index in [9.17, 15) is 9.90 Å². The average Bonchev–Trinajstić information content (AvgIpc) is 2.87. The molecule has 0 fully saturated rings. The van der Waals surface area contributed by atoms with Crippen molar-refractivity contribution in [3.8, 4) is 0 Å². The lowest BCUT2D eigenvalue weighted by molar-refractivity contribution is -0.129. The molecule has 0 aliphatic heterocycles. The third-order valence-electron chi connectivity index (χ3n) is 2.87. The summed E-state index contributed by atoms with van der Waals surface area (Å²) in [6, 6.07) is 7.53. The molecule has 0 bridgehead atoms. The zero-order valence-corrected chi connectivity index (χ0v) is 12.2. The molecule has 1 amide bonds. The van der Waals surface area contributed by atoms with Crippen LogP contribution in [0.2, 0.25) is 0 Å². The fourth-order valence-electron chi connectivity index (χ4n) is 1.80. The number of thioether (sulfide) groups is 1. The van der Waals surface area contributed by atoms with Gasteiger partial charge in [-0.3, -0.25) is 4.79 Å². The highest BCUT2D eigenvalue weighted by molar-refractivity contribution is 7.98. The Hall–Kier alpha value is -1.53. The number of aliphatic hydroxyl groups excluding tert-OH is 1. The number of amides is 1. The van der Waals surface area contributed by atoms with E-state index in [2.05, 4.69) is 10.3 Å². The molecule has 1 aromatic heterocycles. The van der Waals surface area contributed by atoms with Crippen molar-refractivity contribution in [3.05, 3.63) is 30.2 Å². The Morgan fingerprint density at radius 2 is 2.30 bits per heavy atom. The van der Waals surface area contributed by atoms with E-state index in [1.54, 1.807) is 11.8 Å². The molecule has 108 valence electrons.